The van der Waals surface area contributed by atoms with Gasteiger partial charge in [0.15, 0.2) is 6.10 Å². The number of aliphatic hydroxyl groups is 1. The van der Waals surface area contributed by atoms with Crippen LogP contribution in [0.5, 0.6) is 0 Å². The van der Waals surface area contributed by atoms with Crippen LogP contribution < -0.4 is 0 Å². The molecule has 1 aromatic rings. The molecule has 1 rings (SSSR count). The van der Waals surface area contributed by atoms with Gasteiger partial charge in [-0.2, -0.15) is 0 Å². The van der Waals surface area contributed by atoms with E-state index < -0.39 is 41.3 Å². The maximum atomic E-state index is 13.3. The zero-order valence-electron chi connectivity index (χ0n) is 7.62. The summed E-state index contributed by atoms with van der Waals surface area (Å²) in [4.78, 5) is 10.3. The van der Waals surface area contributed by atoms with Gasteiger partial charge in [-0.1, -0.05) is 0 Å². The Morgan fingerprint density at radius 2 is 1.81 bits per heavy atom. The number of aliphatic hydroxyl groups excluding tert-OH is 1. The van der Waals surface area contributed by atoms with E-state index >= 15 is 0 Å². The molecule has 0 spiro atoms. The average molecular weight is 238 g/mol. The van der Waals surface area contributed by atoms with E-state index in [0.29, 0.717) is 12.1 Å². The van der Waals surface area contributed by atoms with E-state index in [2.05, 4.69) is 0 Å². The summed E-state index contributed by atoms with van der Waals surface area (Å²) >= 11 is 0. The van der Waals surface area contributed by atoms with Gasteiger partial charge in [-0.05, 0) is 12.1 Å². The highest BCUT2D eigenvalue weighted by Crippen LogP contribution is 2.29. The fourth-order valence-electron chi connectivity index (χ4n) is 1.13. The van der Waals surface area contributed by atoms with Gasteiger partial charge in [-0.15, -0.1) is 0 Å². The third-order valence-electron chi connectivity index (χ3n) is 1.90. The van der Waals surface area contributed by atoms with Crippen LogP contribution in [0, 0.1) is 11.6 Å². The molecule has 0 radical (unpaired) electrons. The number of carboxylic acid groups (broad SMARTS) is 1. The van der Waals surface area contributed by atoms with E-state index in [9.17, 15) is 22.4 Å². The molecule has 0 fully saturated rings. The Kier molecular flexibility index (Phi) is 3.48. The zero-order chi connectivity index (χ0) is 12.5. The van der Waals surface area contributed by atoms with Crippen molar-refractivity contribution in [3.8, 4) is 0 Å². The Bertz CT molecular complexity index is 419. The zero-order valence-corrected chi connectivity index (χ0v) is 7.62. The Labute approximate surface area is 86.9 Å². The van der Waals surface area contributed by atoms with E-state index in [1.165, 1.54) is 0 Å². The summed E-state index contributed by atoms with van der Waals surface area (Å²) in [5, 5.41) is 17.3. The van der Waals surface area contributed by atoms with Gasteiger partial charge in [0.2, 0.25) is 0 Å². The first-order valence-corrected chi connectivity index (χ1v) is 4.03. The Morgan fingerprint density at radius 1 is 1.25 bits per heavy atom. The van der Waals surface area contributed by atoms with E-state index in [-0.39, 0.29) is 0 Å². The van der Waals surface area contributed by atoms with Crippen LogP contribution in [-0.4, -0.2) is 16.2 Å². The number of hydrogen-bond acceptors (Lipinski definition) is 2. The van der Waals surface area contributed by atoms with Gasteiger partial charge in [0, 0.05) is 5.56 Å². The maximum Gasteiger partial charge on any atom is 0.337 e. The van der Waals surface area contributed by atoms with Crippen molar-refractivity contribution in [3.63, 3.8) is 0 Å². The number of rotatable bonds is 3. The van der Waals surface area contributed by atoms with Crippen LogP contribution in [0.25, 0.3) is 0 Å². The third kappa shape index (κ3) is 2.13. The molecule has 1 atom stereocenters. The van der Waals surface area contributed by atoms with Crippen molar-refractivity contribution in [2.75, 3.05) is 0 Å². The summed E-state index contributed by atoms with van der Waals surface area (Å²) < 4.78 is 50.5. The van der Waals surface area contributed by atoms with E-state index in [4.69, 9.17) is 10.2 Å². The average Bonchev–Trinajstić information content (AvgIpc) is 2.16. The summed E-state index contributed by atoms with van der Waals surface area (Å²) in [6.07, 6.45) is -5.74. The molecule has 0 aliphatic heterocycles. The normalized spacial score (nSPS) is 12.9. The van der Waals surface area contributed by atoms with Crippen LogP contribution in [0.15, 0.2) is 12.1 Å². The predicted octanol–water partition coefficient (Wildman–Crippen LogP) is 2.02. The number of halogens is 4. The molecule has 0 bridgehead atoms. The molecule has 0 heterocycles. The van der Waals surface area contributed by atoms with Gasteiger partial charge in [-0.25, -0.2) is 22.4 Å². The fourth-order valence-corrected chi connectivity index (χ4v) is 1.13. The number of benzene rings is 1. The molecule has 0 saturated carbocycles. The molecular formula is C9H6F4O3. The first-order valence-electron chi connectivity index (χ1n) is 4.03. The summed E-state index contributed by atoms with van der Waals surface area (Å²) in [5.41, 5.74) is -2.44. The third-order valence-corrected chi connectivity index (χ3v) is 1.90. The second-order valence-corrected chi connectivity index (χ2v) is 2.91. The Hall–Kier alpha value is -1.63. The van der Waals surface area contributed by atoms with Crippen LogP contribution in [0.2, 0.25) is 0 Å². The van der Waals surface area contributed by atoms with Gasteiger partial charge in [0.1, 0.15) is 11.6 Å². The molecule has 88 valence electrons. The molecule has 0 aliphatic rings. The molecule has 16 heavy (non-hydrogen) atoms. The lowest BCUT2D eigenvalue weighted by Crippen LogP contribution is -2.14. The number of aliphatic carboxylic acids is 1. The monoisotopic (exact) mass is 238 g/mol. The van der Waals surface area contributed by atoms with Crippen molar-refractivity contribution in [1.82, 2.24) is 0 Å². The molecule has 3 nitrogen and oxygen atoms in total. The Balaban J connectivity index is 3.34. The van der Waals surface area contributed by atoms with Crippen molar-refractivity contribution < 1.29 is 32.6 Å². The van der Waals surface area contributed by atoms with Crippen molar-refractivity contribution >= 4 is 5.97 Å². The summed E-state index contributed by atoms with van der Waals surface area (Å²) in [5.74, 6) is -5.05. The fraction of sp³-hybridized carbons (Fsp3) is 0.222. The largest absolute Gasteiger partial charge is 0.479 e. The van der Waals surface area contributed by atoms with E-state index in [1.807, 2.05) is 0 Å². The molecule has 0 aliphatic carbocycles. The van der Waals surface area contributed by atoms with Gasteiger partial charge in [0.25, 0.3) is 6.43 Å². The second-order valence-electron chi connectivity index (χ2n) is 2.91. The number of hydrogen-bond donors (Lipinski definition) is 2. The lowest BCUT2D eigenvalue weighted by Gasteiger charge is -2.11. The van der Waals surface area contributed by atoms with Crippen molar-refractivity contribution in [2.24, 2.45) is 0 Å². The van der Waals surface area contributed by atoms with Gasteiger partial charge < -0.3 is 10.2 Å². The molecular weight excluding hydrogens is 232 g/mol. The van der Waals surface area contributed by atoms with Crippen LogP contribution >= 0.6 is 0 Å². The predicted molar refractivity (Wildman–Crippen MR) is 43.9 cm³/mol. The summed E-state index contributed by atoms with van der Waals surface area (Å²) in [7, 11) is 0. The molecule has 2 N–H and O–H groups in total. The first-order chi connectivity index (χ1) is 7.36. The molecule has 0 amide bonds. The summed E-state index contributed by atoms with van der Waals surface area (Å²) in [6, 6.07) is 1.08. The first kappa shape index (κ1) is 12.4. The molecule has 1 unspecified atom stereocenters. The minimum absolute atomic E-state index is 0.478. The van der Waals surface area contributed by atoms with Crippen LogP contribution in [0.4, 0.5) is 17.6 Å². The molecule has 0 saturated heterocycles. The summed E-state index contributed by atoms with van der Waals surface area (Å²) in [6.45, 7) is 0. The quantitative estimate of drug-likeness (QED) is 0.792. The van der Waals surface area contributed by atoms with E-state index in [1.54, 1.807) is 0 Å². The highest BCUT2D eigenvalue weighted by molar-refractivity contribution is 5.74. The van der Waals surface area contributed by atoms with Crippen molar-refractivity contribution in [3.05, 3.63) is 34.9 Å². The van der Waals surface area contributed by atoms with Crippen LogP contribution in [0.3, 0.4) is 0 Å². The van der Waals surface area contributed by atoms with Gasteiger partial charge in [0.05, 0.1) is 5.56 Å². The highest BCUT2D eigenvalue weighted by atomic mass is 19.3. The Morgan fingerprint density at radius 3 is 2.25 bits per heavy atom. The van der Waals surface area contributed by atoms with Crippen molar-refractivity contribution in [2.45, 2.75) is 12.5 Å². The number of carboxylic acids is 1. The highest BCUT2D eigenvalue weighted by Gasteiger charge is 2.27. The van der Waals surface area contributed by atoms with Gasteiger partial charge in [-0.3, -0.25) is 0 Å². The number of alkyl halides is 2. The van der Waals surface area contributed by atoms with Gasteiger partial charge >= 0.3 is 5.97 Å². The molecule has 1 aromatic carbocycles. The number of carbonyl (C=O) groups is 1. The molecule has 7 heteroatoms. The van der Waals surface area contributed by atoms with Crippen LogP contribution in [0.1, 0.15) is 23.7 Å². The van der Waals surface area contributed by atoms with Crippen molar-refractivity contribution in [1.29, 1.82) is 0 Å². The topological polar surface area (TPSA) is 57.5 Å². The van der Waals surface area contributed by atoms with E-state index in [0.717, 1.165) is 0 Å². The smallest absolute Gasteiger partial charge is 0.337 e. The lowest BCUT2D eigenvalue weighted by atomic mass is 10.0. The van der Waals surface area contributed by atoms with Crippen LogP contribution in [-0.2, 0) is 4.79 Å². The molecule has 0 aromatic heterocycles. The maximum absolute atomic E-state index is 13.3. The standard InChI is InChI=1S/C9H6F4O3/c10-4-2-1-3(7(14)9(15)16)6(11)5(4)8(12)13/h1-2,7-8,14H,(H,15,16). The minimum atomic E-state index is -3.43. The lowest BCUT2D eigenvalue weighted by molar-refractivity contribution is -0.147. The SMILES string of the molecule is O=C(O)C(O)c1ccc(F)c(C(F)F)c1F. The second kappa shape index (κ2) is 4.48. The minimum Gasteiger partial charge on any atom is -0.479 e.